The second kappa shape index (κ2) is 5.50. The van der Waals surface area contributed by atoms with E-state index in [2.05, 4.69) is 21.1 Å². The van der Waals surface area contributed by atoms with Crippen molar-refractivity contribution in [3.8, 4) is 22.5 Å². The number of anilines is 1. The largest absolute Gasteiger partial charge is 0.380 e. The van der Waals surface area contributed by atoms with Crippen LogP contribution in [0.3, 0.4) is 0 Å². The fourth-order valence-corrected chi connectivity index (χ4v) is 2.95. The summed E-state index contributed by atoms with van der Waals surface area (Å²) in [6.07, 6.45) is 0. The Balaban J connectivity index is 2.25. The summed E-state index contributed by atoms with van der Waals surface area (Å²) < 4.78 is 20.0. The fraction of sp³-hybridized carbons (Fsp3) is 0. The van der Waals surface area contributed by atoms with Gasteiger partial charge in [-0.25, -0.2) is 4.39 Å². The highest BCUT2D eigenvalue weighted by molar-refractivity contribution is 9.10. The number of nitrogens with zero attached hydrogens (tertiary/aromatic N) is 1. The zero-order valence-electron chi connectivity index (χ0n) is 10.6. The molecule has 21 heavy (non-hydrogen) atoms. The van der Waals surface area contributed by atoms with Gasteiger partial charge in [-0.3, -0.25) is 0 Å². The molecule has 0 aliphatic carbocycles. The van der Waals surface area contributed by atoms with Gasteiger partial charge in [-0.2, -0.15) is 0 Å². The summed E-state index contributed by atoms with van der Waals surface area (Å²) in [5.41, 5.74) is 7.31. The SMILES string of the molecule is Nc1noc(-c2ccc(Cl)cc2Br)c1-c1ccccc1F. The van der Waals surface area contributed by atoms with Gasteiger partial charge in [0, 0.05) is 20.6 Å². The molecule has 0 saturated carbocycles. The summed E-state index contributed by atoms with van der Waals surface area (Å²) in [5.74, 6) is 0.136. The number of halogens is 3. The van der Waals surface area contributed by atoms with E-state index in [4.69, 9.17) is 21.9 Å². The van der Waals surface area contributed by atoms with Gasteiger partial charge in [0.25, 0.3) is 0 Å². The Bertz CT molecular complexity index is 819. The Morgan fingerprint density at radius 1 is 1.14 bits per heavy atom. The molecule has 1 aromatic heterocycles. The molecule has 0 saturated heterocycles. The van der Waals surface area contributed by atoms with Crippen LogP contribution in [0.5, 0.6) is 0 Å². The van der Waals surface area contributed by atoms with Crippen LogP contribution in [-0.4, -0.2) is 5.16 Å². The van der Waals surface area contributed by atoms with E-state index in [0.29, 0.717) is 31.9 Å². The Morgan fingerprint density at radius 3 is 2.62 bits per heavy atom. The molecule has 6 heteroatoms. The topological polar surface area (TPSA) is 52.0 Å². The Kier molecular flexibility index (Phi) is 3.69. The normalized spacial score (nSPS) is 10.8. The van der Waals surface area contributed by atoms with Crippen LogP contribution in [0.15, 0.2) is 51.5 Å². The maximum Gasteiger partial charge on any atom is 0.178 e. The van der Waals surface area contributed by atoms with Crippen molar-refractivity contribution in [2.45, 2.75) is 0 Å². The van der Waals surface area contributed by atoms with Crippen molar-refractivity contribution in [1.29, 1.82) is 0 Å². The van der Waals surface area contributed by atoms with E-state index >= 15 is 0 Å². The van der Waals surface area contributed by atoms with Crippen LogP contribution in [0.1, 0.15) is 0 Å². The quantitative estimate of drug-likeness (QED) is 0.682. The third-order valence-corrected chi connectivity index (χ3v) is 3.93. The first-order valence-electron chi connectivity index (χ1n) is 6.03. The number of aromatic nitrogens is 1. The van der Waals surface area contributed by atoms with Crippen molar-refractivity contribution in [3.05, 3.63) is 57.8 Å². The Labute approximate surface area is 133 Å². The minimum Gasteiger partial charge on any atom is -0.380 e. The van der Waals surface area contributed by atoms with Crippen molar-refractivity contribution in [1.82, 2.24) is 5.16 Å². The minimum atomic E-state index is -0.390. The van der Waals surface area contributed by atoms with Gasteiger partial charge in [0.05, 0.1) is 5.56 Å². The van der Waals surface area contributed by atoms with E-state index in [0.717, 1.165) is 0 Å². The first-order valence-corrected chi connectivity index (χ1v) is 7.20. The van der Waals surface area contributed by atoms with E-state index < -0.39 is 5.82 Å². The number of hydrogen-bond acceptors (Lipinski definition) is 3. The molecule has 0 atom stereocenters. The van der Waals surface area contributed by atoms with E-state index in [-0.39, 0.29) is 5.82 Å². The molecule has 0 spiro atoms. The maximum atomic E-state index is 14.0. The summed E-state index contributed by atoms with van der Waals surface area (Å²) in [5, 5.41) is 4.33. The molecule has 0 unspecified atom stereocenters. The molecule has 1 heterocycles. The Hall–Kier alpha value is -1.85. The van der Waals surface area contributed by atoms with Crippen molar-refractivity contribution >= 4 is 33.3 Å². The predicted molar refractivity (Wildman–Crippen MR) is 84.5 cm³/mol. The van der Waals surface area contributed by atoms with Crippen LogP contribution in [0, 0.1) is 5.82 Å². The molecule has 0 bridgehead atoms. The lowest BCUT2D eigenvalue weighted by atomic mass is 10.0. The molecule has 0 radical (unpaired) electrons. The molecule has 0 aliphatic heterocycles. The third kappa shape index (κ3) is 2.54. The van der Waals surface area contributed by atoms with E-state index in [1.807, 2.05) is 0 Å². The van der Waals surface area contributed by atoms with E-state index in [1.165, 1.54) is 6.07 Å². The molecule has 0 amide bonds. The first kappa shape index (κ1) is 14.1. The van der Waals surface area contributed by atoms with Gasteiger partial charge in [0.15, 0.2) is 11.6 Å². The van der Waals surface area contributed by atoms with E-state index in [9.17, 15) is 4.39 Å². The first-order chi connectivity index (χ1) is 10.1. The van der Waals surface area contributed by atoms with Gasteiger partial charge in [-0.15, -0.1) is 0 Å². The second-order valence-electron chi connectivity index (χ2n) is 4.38. The Morgan fingerprint density at radius 2 is 1.90 bits per heavy atom. The van der Waals surface area contributed by atoms with Gasteiger partial charge < -0.3 is 10.3 Å². The molecule has 106 valence electrons. The van der Waals surface area contributed by atoms with Crippen molar-refractivity contribution < 1.29 is 8.91 Å². The smallest absolute Gasteiger partial charge is 0.178 e. The average Bonchev–Trinajstić information content (AvgIpc) is 2.81. The van der Waals surface area contributed by atoms with Crippen LogP contribution < -0.4 is 5.73 Å². The molecule has 2 N–H and O–H groups in total. The van der Waals surface area contributed by atoms with Crippen LogP contribution in [-0.2, 0) is 0 Å². The number of hydrogen-bond donors (Lipinski definition) is 1. The molecule has 3 nitrogen and oxygen atoms in total. The van der Waals surface area contributed by atoms with Gasteiger partial charge >= 0.3 is 0 Å². The molecule has 3 rings (SSSR count). The fourth-order valence-electron chi connectivity index (χ4n) is 2.08. The lowest BCUT2D eigenvalue weighted by Crippen LogP contribution is -1.91. The van der Waals surface area contributed by atoms with Gasteiger partial charge in [-0.05, 0) is 40.2 Å². The molecule has 0 fully saturated rings. The maximum absolute atomic E-state index is 14.0. The molecule has 2 aromatic carbocycles. The third-order valence-electron chi connectivity index (χ3n) is 3.04. The summed E-state index contributed by atoms with van der Waals surface area (Å²) in [6, 6.07) is 11.5. The molecular weight excluding hydrogens is 359 g/mol. The molecular formula is C15H9BrClFN2O. The predicted octanol–water partition coefficient (Wildman–Crippen LogP) is 5.15. The monoisotopic (exact) mass is 366 g/mol. The highest BCUT2D eigenvalue weighted by Crippen LogP contribution is 2.40. The van der Waals surface area contributed by atoms with Crippen molar-refractivity contribution in [2.75, 3.05) is 5.73 Å². The molecule has 0 aliphatic rings. The van der Waals surface area contributed by atoms with Gasteiger partial charge in [-0.1, -0.05) is 35.0 Å². The van der Waals surface area contributed by atoms with E-state index in [1.54, 1.807) is 36.4 Å². The van der Waals surface area contributed by atoms with Crippen LogP contribution in [0.2, 0.25) is 5.02 Å². The van der Waals surface area contributed by atoms with Crippen molar-refractivity contribution in [3.63, 3.8) is 0 Å². The lowest BCUT2D eigenvalue weighted by molar-refractivity contribution is 0.436. The van der Waals surface area contributed by atoms with Crippen molar-refractivity contribution in [2.24, 2.45) is 0 Å². The number of nitrogens with two attached hydrogens (primary N) is 1. The minimum absolute atomic E-state index is 0.136. The molecule has 3 aromatic rings. The lowest BCUT2D eigenvalue weighted by Gasteiger charge is -2.06. The van der Waals surface area contributed by atoms with Gasteiger partial charge in [0.1, 0.15) is 5.82 Å². The number of nitrogen functional groups attached to an aromatic ring is 1. The van der Waals surface area contributed by atoms with Crippen LogP contribution in [0.25, 0.3) is 22.5 Å². The average molecular weight is 368 g/mol. The van der Waals surface area contributed by atoms with Crippen LogP contribution in [0.4, 0.5) is 10.2 Å². The zero-order chi connectivity index (χ0) is 15.0. The summed E-state index contributed by atoms with van der Waals surface area (Å²) in [4.78, 5) is 0. The summed E-state index contributed by atoms with van der Waals surface area (Å²) in [6.45, 7) is 0. The standard InChI is InChI=1S/C15H9BrClFN2O/c16-11-7-8(17)5-6-9(11)14-13(15(19)20-21-14)10-3-1-2-4-12(10)18/h1-7H,(H2,19,20). The second-order valence-corrected chi connectivity index (χ2v) is 5.67. The number of benzene rings is 2. The summed E-state index contributed by atoms with van der Waals surface area (Å²) >= 11 is 9.34. The highest BCUT2D eigenvalue weighted by Gasteiger charge is 2.21. The number of rotatable bonds is 2. The summed E-state index contributed by atoms with van der Waals surface area (Å²) in [7, 11) is 0. The highest BCUT2D eigenvalue weighted by atomic mass is 79.9. The zero-order valence-corrected chi connectivity index (χ0v) is 13.0. The van der Waals surface area contributed by atoms with Gasteiger partial charge in [0.2, 0.25) is 0 Å². The van der Waals surface area contributed by atoms with Crippen LogP contribution >= 0.6 is 27.5 Å².